The minimum Gasteiger partial charge on any atom is -0.272 e. The molecule has 0 N–H and O–H groups in total. The SMILES string of the molecule is C=CC(=C)c1ccccc1.CC(C)CP(CC(C)C)(CC(C)C)=NC1=CC=CC1.[Ti]. The molecule has 1 nitrogen and oxygen atoms in total. The van der Waals surface area contributed by atoms with E-state index >= 15 is 0 Å². The number of allylic oxidation sites excluding steroid dienone is 5. The predicted octanol–water partition coefficient (Wildman–Crippen LogP) is 8.88. The first-order valence-corrected chi connectivity index (χ1v) is 13.3. The van der Waals surface area contributed by atoms with Crippen molar-refractivity contribution in [2.45, 2.75) is 48.0 Å². The van der Waals surface area contributed by atoms with Crippen LogP contribution in [-0.4, -0.2) is 18.5 Å². The molecule has 0 spiro atoms. The number of hydrogen-bond donors (Lipinski definition) is 0. The normalized spacial score (nSPS) is 12.9. The summed E-state index contributed by atoms with van der Waals surface area (Å²) in [6, 6.07) is 10.0. The second-order valence-electron chi connectivity index (χ2n) is 9.31. The smallest absolute Gasteiger partial charge is 0.0425 e. The summed E-state index contributed by atoms with van der Waals surface area (Å²) in [5.41, 5.74) is 3.44. The van der Waals surface area contributed by atoms with E-state index in [0.29, 0.717) is 0 Å². The Morgan fingerprint density at radius 2 is 1.47 bits per heavy atom. The summed E-state index contributed by atoms with van der Waals surface area (Å²) in [7, 11) is -1.20. The standard InChI is InChI=1S/C17H32NP.C10H10.Ti/c1-14(2)11-19(12-15(3)4,13-16(5)6)18-17-9-7-8-10-17;1-3-9(2)10-7-5-4-6-8-10;/h7-9,14-16H,10-13H2,1-6H3;3-8H,1-2H2;. The molecule has 0 bridgehead atoms. The summed E-state index contributed by atoms with van der Waals surface area (Å²) in [5, 5.41) is 0. The average Bonchev–Trinajstić information content (AvgIpc) is 3.13. The van der Waals surface area contributed by atoms with Crippen molar-refractivity contribution in [1.82, 2.24) is 0 Å². The Bertz CT molecular complexity index is 721. The Morgan fingerprint density at radius 1 is 0.967 bits per heavy atom. The van der Waals surface area contributed by atoms with Gasteiger partial charge in [0.2, 0.25) is 0 Å². The summed E-state index contributed by atoms with van der Waals surface area (Å²) >= 11 is 0. The molecule has 0 saturated heterocycles. The van der Waals surface area contributed by atoms with Crippen molar-refractivity contribution in [1.29, 1.82) is 0 Å². The van der Waals surface area contributed by atoms with E-state index in [1.807, 2.05) is 30.3 Å². The van der Waals surface area contributed by atoms with E-state index in [1.165, 1.54) is 24.2 Å². The molecule has 0 saturated carbocycles. The third-order valence-corrected chi connectivity index (χ3v) is 9.51. The Labute approximate surface area is 201 Å². The molecular formula is C27H42NPTi. The second-order valence-corrected chi connectivity index (χ2v) is 12.8. The van der Waals surface area contributed by atoms with E-state index in [-0.39, 0.29) is 21.7 Å². The number of nitrogens with zero attached hydrogens (tertiary/aromatic N) is 1. The molecule has 2 rings (SSSR count). The van der Waals surface area contributed by atoms with Crippen LogP contribution in [0, 0.1) is 17.8 Å². The monoisotopic (exact) mass is 459 g/mol. The zero-order chi connectivity index (χ0) is 21.9. The zero-order valence-electron chi connectivity index (χ0n) is 20.1. The summed E-state index contributed by atoms with van der Waals surface area (Å²) in [6.45, 7) is 21.6. The van der Waals surface area contributed by atoms with Crippen molar-refractivity contribution >= 4 is 12.6 Å². The molecule has 164 valence electrons. The molecule has 0 fully saturated rings. The molecule has 3 heteroatoms. The predicted molar refractivity (Wildman–Crippen MR) is 136 cm³/mol. The molecule has 1 aliphatic carbocycles. The molecule has 0 amide bonds. The molecular weight excluding hydrogens is 417 g/mol. The van der Waals surface area contributed by atoms with Crippen LogP contribution in [0.15, 0.2) is 78.2 Å². The maximum atomic E-state index is 5.34. The van der Waals surface area contributed by atoms with Crippen LogP contribution in [-0.2, 0) is 21.7 Å². The first kappa shape index (κ1) is 29.1. The fourth-order valence-corrected chi connectivity index (χ4v) is 9.40. The zero-order valence-corrected chi connectivity index (χ0v) is 22.5. The van der Waals surface area contributed by atoms with Crippen molar-refractivity contribution in [3.8, 4) is 0 Å². The van der Waals surface area contributed by atoms with Gasteiger partial charge in [-0.05, 0) is 60.5 Å². The van der Waals surface area contributed by atoms with E-state index in [0.717, 1.165) is 35.3 Å². The first-order chi connectivity index (χ1) is 13.7. The maximum Gasteiger partial charge on any atom is 0.0425 e. The van der Waals surface area contributed by atoms with Gasteiger partial charge in [0.25, 0.3) is 0 Å². The van der Waals surface area contributed by atoms with Gasteiger partial charge in [0, 0.05) is 33.8 Å². The Hall–Kier alpha value is -0.876. The van der Waals surface area contributed by atoms with Crippen molar-refractivity contribution < 1.29 is 21.7 Å². The maximum absolute atomic E-state index is 5.34. The quantitative estimate of drug-likeness (QED) is 0.199. The van der Waals surface area contributed by atoms with Crippen molar-refractivity contribution in [3.63, 3.8) is 0 Å². The fourth-order valence-electron chi connectivity index (χ4n) is 3.94. The van der Waals surface area contributed by atoms with Crippen LogP contribution in [0.25, 0.3) is 5.57 Å². The molecule has 1 aliphatic rings. The van der Waals surface area contributed by atoms with Crippen LogP contribution in [0.3, 0.4) is 0 Å². The van der Waals surface area contributed by atoms with Crippen LogP contribution < -0.4 is 0 Å². The fraction of sp³-hybridized carbons (Fsp3) is 0.481. The summed E-state index contributed by atoms with van der Waals surface area (Å²) in [5.74, 6) is 2.26. The van der Waals surface area contributed by atoms with Gasteiger partial charge in [0.1, 0.15) is 0 Å². The van der Waals surface area contributed by atoms with Crippen LogP contribution in [0.5, 0.6) is 0 Å². The molecule has 0 radical (unpaired) electrons. The van der Waals surface area contributed by atoms with Gasteiger partial charge in [-0.1, -0.05) is 103 Å². The van der Waals surface area contributed by atoms with Crippen LogP contribution in [0.2, 0.25) is 0 Å². The van der Waals surface area contributed by atoms with Gasteiger partial charge < -0.3 is 0 Å². The molecule has 30 heavy (non-hydrogen) atoms. The van der Waals surface area contributed by atoms with Crippen molar-refractivity contribution in [2.75, 3.05) is 18.5 Å². The largest absolute Gasteiger partial charge is 0.272 e. The number of hydrogen-bond acceptors (Lipinski definition) is 1. The van der Waals surface area contributed by atoms with Gasteiger partial charge in [-0.15, -0.1) is 0 Å². The van der Waals surface area contributed by atoms with E-state index in [1.54, 1.807) is 6.08 Å². The van der Waals surface area contributed by atoms with E-state index in [4.69, 9.17) is 4.74 Å². The molecule has 0 aliphatic heterocycles. The van der Waals surface area contributed by atoms with Crippen LogP contribution >= 0.6 is 7.05 Å². The Kier molecular flexibility index (Phi) is 14.6. The summed E-state index contributed by atoms with van der Waals surface area (Å²) in [6.07, 6.45) is 13.4. The number of rotatable bonds is 9. The molecule has 0 atom stereocenters. The second kappa shape index (κ2) is 15.0. The average molecular weight is 459 g/mol. The van der Waals surface area contributed by atoms with Crippen molar-refractivity contribution in [3.05, 3.63) is 79.1 Å². The van der Waals surface area contributed by atoms with Gasteiger partial charge in [0.05, 0.1) is 0 Å². The number of benzene rings is 1. The van der Waals surface area contributed by atoms with Gasteiger partial charge in [-0.2, -0.15) is 0 Å². The molecule has 1 aromatic rings. The van der Waals surface area contributed by atoms with E-state index in [9.17, 15) is 0 Å². The van der Waals surface area contributed by atoms with Crippen LogP contribution in [0.4, 0.5) is 0 Å². The third-order valence-electron chi connectivity index (χ3n) is 4.60. The topological polar surface area (TPSA) is 12.4 Å². The van der Waals surface area contributed by atoms with Crippen molar-refractivity contribution in [2.24, 2.45) is 22.5 Å². The van der Waals surface area contributed by atoms with Gasteiger partial charge >= 0.3 is 0 Å². The van der Waals surface area contributed by atoms with Gasteiger partial charge in [0.15, 0.2) is 0 Å². The minimum absolute atomic E-state index is 0. The summed E-state index contributed by atoms with van der Waals surface area (Å²) in [4.78, 5) is 0. The minimum atomic E-state index is -1.20. The van der Waals surface area contributed by atoms with Gasteiger partial charge in [-0.25, -0.2) is 0 Å². The van der Waals surface area contributed by atoms with E-state index in [2.05, 4.69) is 72.9 Å². The van der Waals surface area contributed by atoms with Crippen LogP contribution in [0.1, 0.15) is 53.5 Å². The summed E-state index contributed by atoms with van der Waals surface area (Å²) < 4.78 is 5.34. The van der Waals surface area contributed by atoms with E-state index < -0.39 is 7.05 Å². The molecule has 0 unspecified atom stereocenters. The molecule has 1 aromatic carbocycles. The Morgan fingerprint density at radius 3 is 1.83 bits per heavy atom. The van der Waals surface area contributed by atoms with Gasteiger partial charge in [-0.3, -0.25) is 4.74 Å². The first-order valence-electron chi connectivity index (χ1n) is 11.0. The molecule has 0 aromatic heterocycles. The third kappa shape index (κ3) is 11.5. The Balaban J connectivity index is 0.000000646. The molecule has 0 heterocycles.